The van der Waals surface area contributed by atoms with E-state index in [1.165, 1.54) is 7.11 Å². The number of methoxy groups -OCH3 is 1. The van der Waals surface area contributed by atoms with Gasteiger partial charge in [0.2, 0.25) is 0 Å². The van der Waals surface area contributed by atoms with E-state index in [1.54, 1.807) is 11.8 Å². The van der Waals surface area contributed by atoms with Crippen molar-refractivity contribution in [2.24, 2.45) is 0 Å². The number of benzene rings is 1. The molecular formula is C11H15NO2S. The molecule has 0 radical (unpaired) electrons. The van der Waals surface area contributed by atoms with E-state index >= 15 is 0 Å². The first-order valence-corrected chi connectivity index (χ1v) is 5.76. The molecule has 0 aromatic heterocycles. The van der Waals surface area contributed by atoms with Crippen molar-refractivity contribution in [2.75, 3.05) is 18.6 Å². The van der Waals surface area contributed by atoms with Gasteiger partial charge in [-0.15, -0.1) is 11.8 Å². The molecular weight excluding hydrogens is 210 g/mol. The van der Waals surface area contributed by atoms with Gasteiger partial charge in [0.25, 0.3) is 0 Å². The van der Waals surface area contributed by atoms with Crippen LogP contribution in [0.15, 0.2) is 29.2 Å². The third kappa shape index (κ3) is 4.25. The molecule has 0 atom stereocenters. The van der Waals surface area contributed by atoms with Gasteiger partial charge >= 0.3 is 5.97 Å². The lowest BCUT2D eigenvalue weighted by molar-refractivity contribution is -0.140. The zero-order chi connectivity index (χ0) is 11.1. The second-order valence-electron chi connectivity index (χ2n) is 3.07. The monoisotopic (exact) mass is 225 g/mol. The predicted molar refractivity (Wildman–Crippen MR) is 62.8 cm³/mol. The van der Waals surface area contributed by atoms with Gasteiger partial charge in [0.1, 0.15) is 0 Å². The molecule has 0 unspecified atom stereocenters. The highest BCUT2D eigenvalue weighted by atomic mass is 32.2. The highest BCUT2D eigenvalue weighted by Gasteiger charge is 2.01. The topological polar surface area (TPSA) is 52.3 Å². The van der Waals surface area contributed by atoms with Gasteiger partial charge in [0, 0.05) is 17.0 Å². The minimum absolute atomic E-state index is 0.156. The van der Waals surface area contributed by atoms with Crippen molar-refractivity contribution in [1.29, 1.82) is 0 Å². The molecule has 0 aliphatic rings. The number of carbonyl (C=O) groups is 1. The smallest absolute Gasteiger partial charge is 0.305 e. The van der Waals surface area contributed by atoms with E-state index in [1.807, 2.05) is 24.3 Å². The highest BCUT2D eigenvalue weighted by molar-refractivity contribution is 7.99. The molecule has 0 amide bonds. The van der Waals surface area contributed by atoms with Crippen molar-refractivity contribution in [2.45, 2.75) is 17.7 Å². The predicted octanol–water partition coefficient (Wildman–Crippen LogP) is 2.31. The van der Waals surface area contributed by atoms with Crippen LogP contribution in [0.5, 0.6) is 0 Å². The SMILES string of the molecule is COC(=O)CCCSc1ccccc1N. The Kier molecular flexibility index (Phi) is 5.04. The summed E-state index contributed by atoms with van der Waals surface area (Å²) in [6.07, 6.45) is 1.28. The second-order valence-corrected chi connectivity index (χ2v) is 4.20. The van der Waals surface area contributed by atoms with Crippen molar-refractivity contribution < 1.29 is 9.53 Å². The number of esters is 1. The number of thioether (sulfide) groups is 1. The van der Waals surface area contributed by atoms with E-state index in [4.69, 9.17) is 5.73 Å². The van der Waals surface area contributed by atoms with E-state index < -0.39 is 0 Å². The summed E-state index contributed by atoms with van der Waals surface area (Å²) in [5.74, 6) is 0.722. The van der Waals surface area contributed by atoms with Gasteiger partial charge in [-0.05, 0) is 24.3 Å². The molecule has 1 aromatic carbocycles. The van der Waals surface area contributed by atoms with Crippen LogP contribution in [0.25, 0.3) is 0 Å². The maximum absolute atomic E-state index is 10.8. The van der Waals surface area contributed by atoms with Gasteiger partial charge in [-0.1, -0.05) is 12.1 Å². The highest BCUT2D eigenvalue weighted by Crippen LogP contribution is 2.25. The molecule has 2 N–H and O–H groups in total. The van der Waals surface area contributed by atoms with Crippen LogP contribution in [0.2, 0.25) is 0 Å². The molecule has 82 valence electrons. The van der Waals surface area contributed by atoms with Crippen molar-refractivity contribution in [3.63, 3.8) is 0 Å². The number of hydrogen-bond donors (Lipinski definition) is 1. The molecule has 3 nitrogen and oxygen atoms in total. The summed E-state index contributed by atoms with van der Waals surface area (Å²) in [6, 6.07) is 7.73. The van der Waals surface area contributed by atoms with Gasteiger partial charge < -0.3 is 10.5 Å². The maximum Gasteiger partial charge on any atom is 0.305 e. The first-order valence-electron chi connectivity index (χ1n) is 4.78. The average Bonchev–Trinajstić information content (AvgIpc) is 2.26. The number of hydrogen-bond acceptors (Lipinski definition) is 4. The van der Waals surface area contributed by atoms with Gasteiger partial charge in [0.15, 0.2) is 0 Å². The Labute approximate surface area is 94.0 Å². The normalized spacial score (nSPS) is 9.93. The molecule has 0 fully saturated rings. The van der Waals surface area contributed by atoms with Gasteiger partial charge in [-0.2, -0.15) is 0 Å². The number of para-hydroxylation sites is 1. The van der Waals surface area contributed by atoms with Crippen LogP contribution < -0.4 is 5.73 Å². The van der Waals surface area contributed by atoms with Crippen LogP contribution in [0, 0.1) is 0 Å². The molecule has 4 heteroatoms. The summed E-state index contributed by atoms with van der Waals surface area (Å²) < 4.78 is 4.55. The summed E-state index contributed by atoms with van der Waals surface area (Å²) >= 11 is 1.67. The second kappa shape index (κ2) is 6.35. The minimum atomic E-state index is -0.156. The van der Waals surface area contributed by atoms with Crippen LogP contribution in [0.3, 0.4) is 0 Å². The lowest BCUT2D eigenvalue weighted by Gasteiger charge is -2.04. The molecule has 0 spiro atoms. The van der Waals surface area contributed by atoms with E-state index in [-0.39, 0.29) is 5.97 Å². The average molecular weight is 225 g/mol. The molecule has 0 bridgehead atoms. The number of nitrogens with two attached hydrogens (primary N) is 1. The number of carbonyl (C=O) groups excluding carboxylic acids is 1. The number of anilines is 1. The molecule has 0 heterocycles. The Morgan fingerprint density at radius 1 is 1.47 bits per heavy atom. The Morgan fingerprint density at radius 3 is 2.87 bits per heavy atom. The summed E-state index contributed by atoms with van der Waals surface area (Å²) in [5, 5.41) is 0. The number of rotatable bonds is 5. The first-order chi connectivity index (χ1) is 7.24. The Bertz CT molecular complexity index is 328. The fraction of sp³-hybridized carbons (Fsp3) is 0.364. The van der Waals surface area contributed by atoms with Gasteiger partial charge in [-0.3, -0.25) is 4.79 Å². The van der Waals surface area contributed by atoms with Crippen LogP contribution in [-0.4, -0.2) is 18.8 Å². The van der Waals surface area contributed by atoms with Crippen molar-refractivity contribution in [3.8, 4) is 0 Å². The third-order valence-electron chi connectivity index (χ3n) is 1.93. The van der Waals surface area contributed by atoms with E-state index in [9.17, 15) is 4.79 Å². The van der Waals surface area contributed by atoms with Gasteiger partial charge in [-0.25, -0.2) is 0 Å². The van der Waals surface area contributed by atoms with Crippen LogP contribution in [-0.2, 0) is 9.53 Å². The molecule has 1 aromatic rings. The quantitative estimate of drug-likeness (QED) is 0.361. The lowest BCUT2D eigenvalue weighted by Crippen LogP contribution is -2.00. The van der Waals surface area contributed by atoms with Crippen LogP contribution in [0.4, 0.5) is 5.69 Å². The minimum Gasteiger partial charge on any atom is -0.469 e. The fourth-order valence-corrected chi connectivity index (χ4v) is 2.03. The molecule has 0 saturated carbocycles. The van der Waals surface area contributed by atoms with Crippen molar-refractivity contribution in [1.82, 2.24) is 0 Å². The Balaban J connectivity index is 2.26. The van der Waals surface area contributed by atoms with Gasteiger partial charge in [0.05, 0.1) is 7.11 Å². The third-order valence-corrected chi connectivity index (χ3v) is 3.11. The van der Waals surface area contributed by atoms with E-state index in [0.29, 0.717) is 6.42 Å². The lowest BCUT2D eigenvalue weighted by atomic mass is 10.3. The van der Waals surface area contributed by atoms with Crippen LogP contribution >= 0.6 is 11.8 Å². The van der Waals surface area contributed by atoms with Crippen molar-refractivity contribution in [3.05, 3.63) is 24.3 Å². The zero-order valence-corrected chi connectivity index (χ0v) is 9.55. The van der Waals surface area contributed by atoms with Crippen LogP contribution in [0.1, 0.15) is 12.8 Å². The first kappa shape index (κ1) is 11.9. The molecule has 0 aliphatic heterocycles. The summed E-state index contributed by atoms with van der Waals surface area (Å²) in [7, 11) is 1.41. The van der Waals surface area contributed by atoms with Crippen molar-refractivity contribution >= 4 is 23.4 Å². The van der Waals surface area contributed by atoms with E-state index in [0.717, 1.165) is 22.8 Å². The number of ether oxygens (including phenoxy) is 1. The molecule has 15 heavy (non-hydrogen) atoms. The summed E-state index contributed by atoms with van der Waals surface area (Å²) in [4.78, 5) is 11.9. The Hall–Kier alpha value is -1.16. The molecule has 0 aliphatic carbocycles. The largest absolute Gasteiger partial charge is 0.469 e. The fourth-order valence-electron chi connectivity index (χ4n) is 1.11. The Morgan fingerprint density at radius 2 is 2.20 bits per heavy atom. The molecule has 0 saturated heterocycles. The van der Waals surface area contributed by atoms with E-state index in [2.05, 4.69) is 4.74 Å². The zero-order valence-electron chi connectivity index (χ0n) is 8.73. The number of nitrogen functional groups attached to an aromatic ring is 1. The summed E-state index contributed by atoms with van der Waals surface area (Å²) in [5.41, 5.74) is 6.57. The summed E-state index contributed by atoms with van der Waals surface area (Å²) in [6.45, 7) is 0. The molecule has 1 rings (SSSR count). The maximum atomic E-state index is 10.8. The standard InChI is InChI=1S/C11H15NO2S/c1-14-11(13)7-4-8-15-10-6-3-2-5-9(10)12/h2-3,5-6H,4,7-8,12H2,1H3.